The zero-order valence-electron chi connectivity index (χ0n) is 8.32. The Kier molecular flexibility index (Phi) is 1.95. The number of rotatable bonds is 2. The zero-order valence-corrected chi connectivity index (χ0v) is 8.32. The number of carboxylic acids is 1. The van der Waals surface area contributed by atoms with Gasteiger partial charge in [0.1, 0.15) is 11.6 Å². The van der Waals surface area contributed by atoms with E-state index in [2.05, 4.69) is 5.32 Å². The van der Waals surface area contributed by atoms with E-state index in [0.717, 1.165) is 11.3 Å². The van der Waals surface area contributed by atoms with Crippen molar-refractivity contribution in [2.75, 3.05) is 0 Å². The van der Waals surface area contributed by atoms with Crippen molar-refractivity contribution in [3.63, 3.8) is 0 Å². The minimum atomic E-state index is -1.17. The van der Waals surface area contributed by atoms with E-state index in [1.54, 1.807) is 0 Å². The molecule has 0 aromatic carbocycles. The first-order valence-electron chi connectivity index (χ1n) is 4.86. The maximum Gasteiger partial charge on any atom is 0.326 e. The molecule has 15 heavy (non-hydrogen) atoms. The average molecular weight is 212 g/mol. The van der Waals surface area contributed by atoms with Crippen molar-refractivity contribution < 1.29 is 19.5 Å². The van der Waals surface area contributed by atoms with Crippen LogP contribution in [0.4, 0.5) is 4.79 Å². The topological polar surface area (TPSA) is 86.7 Å². The molecule has 82 valence electrons. The summed E-state index contributed by atoms with van der Waals surface area (Å²) in [6.07, 6.45) is 2.11. The van der Waals surface area contributed by atoms with Gasteiger partial charge in [-0.3, -0.25) is 4.79 Å². The van der Waals surface area contributed by atoms with Crippen LogP contribution in [-0.4, -0.2) is 39.5 Å². The van der Waals surface area contributed by atoms with Crippen molar-refractivity contribution in [2.24, 2.45) is 0 Å². The van der Waals surface area contributed by atoms with E-state index in [-0.39, 0.29) is 0 Å². The lowest BCUT2D eigenvalue weighted by atomic mass is 9.77. The van der Waals surface area contributed by atoms with Crippen LogP contribution in [0.2, 0.25) is 0 Å². The summed E-state index contributed by atoms with van der Waals surface area (Å²) < 4.78 is 0. The number of imide groups is 1. The summed E-state index contributed by atoms with van der Waals surface area (Å²) in [6.45, 7) is 1.33. The zero-order chi connectivity index (χ0) is 11.2. The van der Waals surface area contributed by atoms with Gasteiger partial charge < -0.3 is 10.4 Å². The van der Waals surface area contributed by atoms with Crippen LogP contribution in [0.15, 0.2) is 0 Å². The minimum absolute atomic E-state index is 0.395. The molecule has 0 radical (unpaired) electrons. The van der Waals surface area contributed by atoms with Gasteiger partial charge in [0.05, 0.1) is 0 Å². The van der Waals surface area contributed by atoms with E-state index >= 15 is 0 Å². The standard InChI is InChI=1S/C9H12N2O4/c1-5(6(12)13)11-7(14)9(3-2-4-9)10-8(11)15/h5H,2-4H2,1H3,(H,10,15)(H,12,13). The predicted octanol–water partition coefficient (Wildman–Crippen LogP) is -0.0660. The first kappa shape index (κ1) is 9.95. The highest BCUT2D eigenvalue weighted by atomic mass is 16.4. The van der Waals surface area contributed by atoms with Gasteiger partial charge in [0.2, 0.25) is 0 Å². The highest BCUT2D eigenvalue weighted by molar-refractivity contribution is 6.09. The first-order chi connectivity index (χ1) is 6.98. The molecule has 2 aliphatic rings. The Bertz CT molecular complexity index is 348. The Morgan fingerprint density at radius 2 is 2.13 bits per heavy atom. The predicted molar refractivity (Wildman–Crippen MR) is 49.1 cm³/mol. The number of amides is 3. The number of hydrogen-bond acceptors (Lipinski definition) is 3. The van der Waals surface area contributed by atoms with Crippen LogP contribution in [0, 0.1) is 0 Å². The van der Waals surface area contributed by atoms with E-state index < -0.39 is 29.5 Å². The van der Waals surface area contributed by atoms with E-state index in [4.69, 9.17) is 5.11 Å². The molecule has 1 heterocycles. The normalized spacial score (nSPS) is 25.0. The van der Waals surface area contributed by atoms with E-state index in [1.165, 1.54) is 6.92 Å². The molecule has 6 nitrogen and oxygen atoms in total. The van der Waals surface area contributed by atoms with Crippen LogP contribution in [0.25, 0.3) is 0 Å². The maximum absolute atomic E-state index is 11.8. The summed E-state index contributed by atoms with van der Waals surface area (Å²) in [5.41, 5.74) is -0.791. The Morgan fingerprint density at radius 3 is 2.47 bits per heavy atom. The van der Waals surface area contributed by atoms with Crippen LogP contribution in [0.5, 0.6) is 0 Å². The van der Waals surface area contributed by atoms with Crippen LogP contribution in [-0.2, 0) is 9.59 Å². The number of aliphatic carboxylic acids is 1. The molecule has 6 heteroatoms. The van der Waals surface area contributed by atoms with Gasteiger partial charge in [-0.25, -0.2) is 14.5 Å². The molecule has 1 aliphatic carbocycles. The third-order valence-corrected chi connectivity index (χ3v) is 3.14. The number of hydrogen-bond donors (Lipinski definition) is 2. The van der Waals surface area contributed by atoms with Crippen LogP contribution >= 0.6 is 0 Å². The molecule has 3 amide bonds. The molecule has 1 saturated heterocycles. The molecule has 2 N–H and O–H groups in total. The Hall–Kier alpha value is -1.59. The largest absolute Gasteiger partial charge is 0.480 e. The highest BCUT2D eigenvalue weighted by Gasteiger charge is 2.56. The summed E-state index contributed by atoms with van der Waals surface area (Å²) in [4.78, 5) is 34.8. The summed E-state index contributed by atoms with van der Waals surface area (Å²) in [5.74, 6) is -1.57. The Labute approximate surface area is 86.2 Å². The van der Waals surface area contributed by atoms with Crippen LogP contribution in [0.3, 0.4) is 0 Å². The molecule has 0 aromatic heterocycles. The fraction of sp³-hybridized carbons (Fsp3) is 0.667. The number of urea groups is 1. The molecule has 1 aliphatic heterocycles. The maximum atomic E-state index is 11.8. The third-order valence-electron chi connectivity index (χ3n) is 3.14. The second-order valence-corrected chi connectivity index (χ2v) is 4.06. The number of carbonyl (C=O) groups is 3. The number of carboxylic acid groups (broad SMARTS) is 1. The molecule has 1 saturated carbocycles. The van der Waals surface area contributed by atoms with Crippen molar-refractivity contribution in [1.82, 2.24) is 10.2 Å². The number of carbonyl (C=O) groups excluding carboxylic acids is 2. The Balaban J connectivity index is 2.23. The molecule has 2 fully saturated rings. The molecular weight excluding hydrogens is 200 g/mol. The first-order valence-corrected chi connectivity index (χ1v) is 4.86. The highest BCUT2D eigenvalue weighted by Crippen LogP contribution is 2.37. The molecule has 1 atom stereocenters. The average Bonchev–Trinajstić information content (AvgIpc) is 2.36. The van der Waals surface area contributed by atoms with E-state index in [1.807, 2.05) is 0 Å². The number of nitrogens with one attached hydrogen (secondary N) is 1. The van der Waals surface area contributed by atoms with Gasteiger partial charge in [-0.15, -0.1) is 0 Å². The third kappa shape index (κ3) is 1.20. The second kappa shape index (κ2) is 2.95. The lowest BCUT2D eigenvalue weighted by molar-refractivity contribution is -0.148. The van der Waals surface area contributed by atoms with E-state index in [0.29, 0.717) is 12.8 Å². The van der Waals surface area contributed by atoms with Crippen molar-refractivity contribution in [1.29, 1.82) is 0 Å². The lowest BCUT2D eigenvalue weighted by Gasteiger charge is -2.35. The van der Waals surface area contributed by atoms with Gasteiger partial charge in [-0.2, -0.15) is 0 Å². The van der Waals surface area contributed by atoms with Crippen LogP contribution < -0.4 is 5.32 Å². The smallest absolute Gasteiger partial charge is 0.326 e. The molecule has 1 unspecified atom stereocenters. The van der Waals surface area contributed by atoms with Crippen molar-refractivity contribution >= 4 is 17.9 Å². The summed E-state index contributed by atoms with van der Waals surface area (Å²) in [6, 6.07) is -1.69. The van der Waals surface area contributed by atoms with Crippen molar-refractivity contribution in [3.8, 4) is 0 Å². The van der Waals surface area contributed by atoms with Gasteiger partial charge >= 0.3 is 12.0 Å². The minimum Gasteiger partial charge on any atom is -0.480 e. The van der Waals surface area contributed by atoms with Gasteiger partial charge in [0.25, 0.3) is 5.91 Å². The SMILES string of the molecule is CC(C(=O)O)N1C(=O)NC2(CCC2)C1=O. The van der Waals surface area contributed by atoms with Crippen molar-refractivity contribution in [3.05, 3.63) is 0 Å². The molecule has 2 rings (SSSR count). The molecule has 0 aromatic rings. The van der Waals surface area contributed by atoms with E-state index in [9.17, 15) is 14.4 Å². The fourth-order valence-corrected chi connectivity index (χ4v) is 1.97. The van der Waals surface area contributed by atoms with Gasteiger partial charge in [0, 0.05) is 0 Å². The Morgan fingerprint density at radius 1 is 1.53 bits per heavy atom. The van der Waals surface area contributed by atoms with Gasteiger partial charge in [-0.1, -0.05) is 0 Å². The van der Waals surface area contributed by atoms with Gasteiger partial charge in [-0.05, 0) is 26.2 Å². The summed E-state index contributed by atoms with van der Waals surface area (Å²) in [5, 5.41) is 11.3. The molecule has 0 bridgehead atoms. The summed E-state index contributed by atoms with van der Waals surface area (Å²) in [7, 11) is 0. The van der Waals surface area contributed by atoms with Gasteiger partial charge in [0.15, 0.2) is 0 Å². The number of nitrogens with zero attached hydrogens (tertiary/aromatic N) is 1. The molecule has 1 spiro atoms. The van der Waals surface area contributed by atoms with Crippen molar-refractivity contribution in [2.45, 2.75) is 37.8 Å². The lowest BCUT2D eigenvalue weighted by Crippen LogP contribution is -2.53. The summed E-state index contributed by atoms with van der Waals surface area (Å²) >= 11 is 0. The second-order valence-electron chi connectivity index (χ2n) is 4.06. The molecular formula is C9H12N2O4. The van der Waals surface area contributed by atoms with Crippen LogP contribution in [0.1, 0.15) is 26.2 Å². The fourth-order valence-electron chi connectivity index (χ4n) is 1.97. The quantitative estimate of drug-likeness (QED) is 0.627. The monoisotopic (exact) mass is 212 g/mol.